The van der Waals surface area contributed by atoms with Crippen LogP contribution in [-0.2, 0) is 17.3 Å². The molecule has 8 rings (SSSR count). The molecule has 0 bridgehead atoms. The standard InChI is InChI=1S/C48H44N2/c1-34-24-29-40(32-42(34)36-26-25-35(2)49(38-17-8-6-9-18-38)45-23-15-12-16-37(45)28-27-36)50(39-19-10-7-11-20-39)41-30-31-48(5)44-22-14-13-21-43(44)47(3,4)46(48)33-41/h6-27,29-33,46H,2,28H2,1,3-5H3/b26-25-,36-27+. The number of nitrogens with zero attached hydrogens (tertiary/aromatic N) is 2. The van der Waals surface area contributed by atoms with Crippen molar-refractivity contribution in [1.82, 2.24) is 0 Å². The van der Waals surface area contributed by atoms with Crippen LogP contribution in [0.2, 0.25) is 0 Å². The zero-order chi connectivity index (χ0) is 34.5. The highest BCUT2D eigenvalue weighted by Gasteiger charge is 2.52. The summed E-state index contributed by atoms with van der Waals surface area (Å²) in [6.45, 7) is 14.0. The van der Waals surface area contributed by atoms with Gasteiger partial charge in [0.1, 0.15) is 0 Å². The van der Waals surface area contributed by atoms with E-state index in [4.69, 9.17) is 0 Å². The smallest absolute Gasteiger partial charge is 0.0496 e. The normalized spacial score (nSPS) is 22.1. The highest BCUT2D eigenvalue weighted by atomic mass is 15.2. The maximum Gasteiger partial charge on any atom is 0.0496 e. The van der Waals surface area contributed by atoms with Crippen molar-refractivity contribution in [3.8, 4) is 0 Å². The lowest BCUT2D eigenvalue weighted by Crippen LogP contribution is -2.36. The number of benzene rings is 5. The van der Waals surface area contributed by atoms with E-state index < -0.39 is 0 Å². The molecule has 3 aliphatic rings. The second-order valence-electron chi connectivity index (χ2n) is 14.6. The van der Waals surface area contributed by atoms with Gasteiger partial charge in [0.15, 0.2) is 0 Å². The van der Waals surface area contributed by atoms with Gasteiger partial charge in [0.25, 0.3) is 0 Å². The van der Waals surface area contributed by atoms with Gasteiger partial charge in [-0.3, -0.25) is 0 Å². The van der Waals surface area contributed by atoms with Gasteiger partial charge in [-0.15, -0.1) is 0 Å². The number of hydrogen-bond donors (Lipinski definition) is 0. The van der Waals surface area contributed by atoms with Crippen molar-refractivity contribution < 1.29 is 0 Å². The zero-order valence-corrected chi connectivity index (χ0v) is 29.5. The van der Waals surface area contributed by atoms with Gasteiger partial charge in [0.2, 0.25) is 0 Å². The van der Waals surface area contributed by atoms with Crippen molar-refractivity contribution in [2.24, 2.45) is 5.92 Å². The SMILES string of the molecule is C=C1/C=C\C(c2cc(N(C3=CC4C(C)(C)c5ccccc5C4(C)C=C3)c3ccccc3)ccc2C)=C/Cc2ccccc2N1c1ccccc1. The van der Waals surface area contributed by atoms with Crippen molar-refractivity contribution in [3.05, 3.63) is 210 Å². The predicted molar refractivity (Wildman–Crippen MR) is 212 cm³/mol. The van der Waals surface area contributed by atoms with Gasteiger partial charge in [0, 0.05) is 45.5 Å². The summed E-state index contributed by atoms with van der Waals surface area (Å²) in [4.78, 5) is 4.70. The fourth-order valence-corrected chi connectivity index (χ4v) is 8.58. The van der Waals surface area contributed by atoms with Crippen molar-refractivity contribution in [2.45, 2.75) is 44.9 Å². The average Bonchev–Trinajstić information content (AvgIpc) is 3.36. The number of para-hydroxylation sites is 3. The van der Waals surface area contributed by atoms with Crippen LogP contribution in [0.3, 0.4) is 0 Å². The largest absolute Gasteiger partial charge is 0.311 e. The van der Waals surface area contributed by atoms with Crippen LogP contribution in [0.1, 0.15) is 48.6 Å². The minimum Gasteiger partial charge on any atom is -0.311 e. The highest BCUT2D eigenvalue weighted by Crippen LogP contribution is 2.57. The number of fused-ring (bicyclic) bond motifs is 4. The van der Waals surface area contributed by atoms with Crippen LogP contribution in [-0.4, -0.2) is 0 Å². The third-order valence-corrected chi connectivity index (χ3v) is 11.2. The maximum absolute atomic E-state index is 4.56. The van der Waals surface area contributed by atoms with E-state index in [0.717, 1.165) is 34.9 Å². The number of anilines is 4. The van der Waals surface area contributed by atoms with Crippen LogP contribution < -0.4 is 9.80 Å². The van der Waals surface area contributed by atoms with E-state index in [1.807, 2.05) is 0 Å². The molecule has 50 heavy (non-hydrogen) atoms. The van der Waals surface area contributed by atoms with Gasteiger partial charge in [-0.1, -0.05) is 137 Å². The van der Waals surface area contributed by atoms with E-state index in [1.54, 1.807) is 0 Å². The molecule has 5 aromatic carbocycles. The monoisotopic (exact) mass is 648 g/mol. The molecule has 0 radical (unpaired) electrons. The summed E-state index contributed by atoms with van der Waals surface area (Å²) >= 11 is 0. The van der Waals surface area contributed by atoms with Crippen LogP contribution in [0.15, 0.2) is 182 Å². The van der Waals surface area contributed by atoms with Crippen LogP contribution in [0.25, 0.3) is 5.57 Å². The summed E-state index contributed by atoms with van der Waals surface area (Å²) in [7, 11) is 0. The summed E-state index contributed by atoms with van der Waals surface area (Å²) in [6.07, 6.45) is 14.9. The molecule has 2 nitrogen and oxygen atoms in total. The molecule has 0 saturated heterocycles. The van der Waals surface area contributed by atoms with Gasteiger partial charge in [-0.05, 0) is 107 Å². The molecule has 0 N–H and O–H groups in total. The van der Waals surface area contributed by atoms with E-state index >= 15 is 0 Å². The van der Waals surface area contributed by atoms with Gasteiger partial charge in [-0.2, -0.15) is 0 Å². The molecular formula is C48H44N2. The molecule has 1 aliphatic heterocycles. The second kappa shape index (κ2) is 12.4. The minimum absolute atomic E-state index is 0.00143. The topological polar surface area (TPSA) is 6.48 Å². The van der Waals surface area contributed by atoms with Gasteiger partial charge in [-0.25, -0.2) is 0 Å². The summed E-state index contributed by atoms with van der Waals surface area (Å²) in [6, 6.07) is 45.9. The Bertz CT molecular complexity index is 2220. The Labute approximate surface area is 297 Å². The predicted octanol–water partition coefficient (Wildman–Crippen LogP) is 12.3. The molecule has 1 heterocycles. The number of hydrogen-bond acceptors (Lipinski definition) is 2. The minimum atomic E-state index is -0.0519. The molecule has 0 amide bonds. The van der Waals surface area contributed by atoms with Gasteiger partial charge >= 0.3 is 0 Å². The molecule has 2 heteroatoms. The molecule has 0 aromatic heterocycles. The Morgan fingerprint density at radius 3 is 2.16 bits per heavy atom. The molecule has 0 spiro atoms. The summed E-state index contributed by atoms with van der Waals surface area (Å²) in [5, 5.41) is 0. The summed E-state index contributed by atoms with van der Waals surface area (Å²) < 4.78 is 0. The summed E-state index contributed by atoms with van der Waals surface area (Å²) in [5.74, 6) is 0.321. The average molecular weight is 649 g/mol. The fraction of sp³-hybridized carbons (Fsp3) is 0.167. The molecule has 0 fully saturated rings. The van der Waals surface area contributed by atoms with E-state index in [2.05, 4.69) is 208 Å². The lowest BCUT2D eigenvalue weighted by Gasteiger charge is -2.39. The third-order valence-electron chi connectivity index (χ3n) is 11.2. The Morgan fingerprint density at radius 1 is 0.700 bits per heavy atom. The molecule has 2 aliphatic carbocycles. The Morgan fingerprint density at radius 2 is 1.38 bits per heavy atom. The molecule has 2 unspecified atom stereocenters. The van der Waals surface area contributed by atoms with Crippen molar-refractivity contribution in [3.63, 3.8) is 0 Å². The quantitative estimate of drug-likeness (QED) is 0.187. The zero-order valence-electron chi connectivity index (χ0n) is 29.5. The van der Waals surface area contributed by atoms with Crippen LogP contribution in [0.4, 0.5) is 22.7 Å². The first kappa shape index (κ1) is 31.7. The first-order valence-electron chi connectivity index (χ1n) is 17.7. The van der Waals surface area contributed by atoms with Crippen molar-refractivity contribution >= 4 is 28.3 Å². The van der Waals surface area contributed by atoms with E-state index in [1.165, 1.54) is 39.1 Å². The van der Waals surface area contributed by atoms with Crippen molar-refractivity contribution in [1.29, 1.82) is 0 Å². The van der Waals surface area contributed by atoms with E-state index in [0.29, 0.717) is 5.92 Å². The van der Waals surface area contributed by atoms with E-state index in [9.17, 15) is 0 Å². The third kappa shape index (κ3) is 5.27. The second-order valence-corrected chi connectivity index (χ2v) is 14.6. The molecule has 0 saturated carbocycles. The Hall–Kier alpha value is -5.60. The van der Waals surface area contributed by atoms with Crippen molar-refractivity contribution in [2.75, 3.05) is 9.80 Å². The molecule has 246 valence electrons. The molecule has 2 atom stereocenters. The number of rotatable bonds is 5. The maximum atomic E-state index is 4.56. The fourth-order valence-electron chi connectivity index (χ4n) is 8.58. The lowest BCUT2D eigenvalue weighted by molar-refractivity contribution is 0.322. The Kier molecular flexibility index (Phi) is 7.84. The van der Waals surface area contributed by atoms with Gasteiger partial charge in [0.05, 0.1) is 0 Å². The van der Waals surface area contributed by atoms with Crippen LogP contribution in [0, 0.1) is 12.8 Å². The van der Waals surface area contributed by atoms with Crippen LogP contribution >= 0.6 is 0 Å². The molecule has 5 aromatic rings. The van der Waals surface area contributed by atoms with Gasteiger partial charge < -0.3 is 9.80 Å². The van der Waals surface area contributed by atoms with E-state index in [-0.39, 0.29) is 10.8 Å². The molecular weight excluding hydrogens is 605 g/mol. The first-order chi connectivity index (χ1) is 24.3. The van der Waals surface area contributed by atoms with Crippen LogP contribution in [0.5, 0.6) is 0 Å². The first-order valence-corrected chi connectivity index (χ1v) is 17.7. The number of allylic oxidation sites excluding steroid dienone is 7. The number of aryl methyl sites for hydroxylation is 1. The lowest BCUT2D eigenvalue weighted by atomic mass is 9.66. The Balaban J connectivity index is 1.22. The highest BCUT2D eigenvalue weighted by molar-refractivity contribution is 5.83. The summed E-state index contributed by atoms with van der Waals surface area (Å²) in [5.41, 5.74) is 14.4.